The molecule has 0 saturated carbocycles. The van der Waals surface area contributed by atoms with Crippen LogP contribution in [0.3, 0.4) is 0 Å². The van der Waals surface area contributed by atoms with E-state index in [0.717, 1.165) is 24.9 Å². The summed E-state index contributed by atoms with van der Waals surface area (Å²) < 4.78 is 0. The Morgan fingerprint density at radius 1 is 1.55 bits per heavy atom. The number of carbonyl (C=O) groups excluding carboxylic acids is 1. The second kappa shape index (κ2) is 8.10. The van der Waals surface area contributed by atoms with Crippen molar-refractivity contribution in [3.8, 4) is 0 Å². The van der Waals surface area contributed by atoms with Crippen LogP contribution in [0.2, 0.25) is 0 Å². The second-order valence-corrected chi connectivity index (χ2v) is 5.59. The molecular formula is C15H22ClN3O3. The van der Waals surface area contributed by atoms with Crippen LogP contribution in [0.4, 0.5) is 5.69 Å². The van der Waals surface area contributed by atoms with Crippen LogP contribution in [0.15, 0.2) is 18.2 Å². The van der Waals surface area contributed by atoms with Crippen LogP contribution >= 0.6 is 12.4 Å². The molecule has 0 aliphatic carbocycles. The zero-order valence-corrected chi connectivity index (χ0v) is 13.6. The Morgan fingerprint density at radius 2 is 2.27 bits per heavy atom. The number of amides is 1. The van der Waals surface area contributed by atoms with Gasteiger partial charge < -0.3 is 10.6 Å². The maximum absolute atomic E-state index is 12.0. The lowest BCUT2D eigenvalue weighted by molar-refractivity contribution is -0.385. The maximum Gasteiger partial charge on any atom is 0.272 e. The van der Waals surface area contributed by atoms with E-state index in [9.17, 15) is 14.9 Å². The molecule has 0 radical (unpaired) electrons. The molecule has 1 fully saturated rings. The van der Waals surface area contributed by atoms with E-state index in [4.69, 9.17) is 0 Å². The maximum atomic E-state index is 12.0. The molecule has 1 amide bonds. The molecule has 6 nitrogen and oxygen atoms in total. The summed E-state index contributed by atoms with van der Waals surface area (Å²) >= 11 is 0. The minimum atomic E-state index is -0.393. The van der Waals surface area contributed by atoms with Crippen molar-refractivity contribution in [2.24, 2.45) is 0 Å². The Morgan fingerprint density at radius 3 is 2.86 bits per heavy atom. The van der Waals surface area contributed by atoms with E-state index < -0.39 is 4.92 Å². The quantitative estimate of drug-likeness (QED) is 0.643. The van der Waals surface area contributed by atoms with Crippen LogP contribution in [0.25, 0.3) is 0 Å². The van der Waals surface area contributed by atoms with Crippen molar-refractivity contribution in [1.29, 1.82) is 0 Å². The van der Waals surface area contributed by atoms with Crippen molar-refractivity contribution in [3.63, 3.8) is 0 Å². The molecule has 22 heavy (non-hydrogen) atoms. The van der Waals surface area contributed by atoms with Crippen LogP contribution in [-0.2, 0) is 4.79 Å². The van der Waals surface area contributed by atoms with Crippen LogP contribution in [0.5, 0.6) is 0 Å². The van der Waals surface area contributed by atoms with Gasteiger partial charge in [-0.15, -0.1) is 12.4 Å². The highest BCUT2D eigenvalue weighted by atomic mass is 35.5. The SMILES string of the molecule is Cc1ccc(C(C)NC(=O)CC2CCCN2)cc1[N+](=O)[O-].Cl. The first-order valence-corrected chi connectivity index (χ1v) is 7.25. The minimum absolute atomic E-state index is 0. The van der Waals surface area contributed by atoms with Crippen LogP contribution < -0.4 is 10.6 Å². The Bertz CT molecular complexity index is 545. The average molecular weight is 328 g/mol. The van der Waals surface area contributed by atoms with Gasteiger partial charge in [0, 0.05) is 24.1 Å². The predicted molar refractivity (Wildman–Crippen MR) is 87.3 cm³/mol. The summed E-state index contributed by atoms with van der Waals surface area (Å²) in [4.78, 5) is 22.5. The monoisotopic (exact) mass is 327 g/mol. The predicted octanol–water partition coefficient (Wildman–Crippen LogP) is 2.64. The molecule has 7 heteroatoms. The van der Waals surface area contributed by atoms with E-state index >= 15 is 0 Å². The third-order valence-corrected chi connectivity index (χ3v) is 3.90. The molecule has 1 aromatic carbocycles. The number of aryl methyl sites for hydroxylation is 1. The highest BCUT2D eigenvalue weighted by Gasteiger charge is 2.20. The van der Waals surface area contributed by atoms with Gasteiger partial charge in [-0.3, -0.25) is 14.9 Å². The summed E-state index contributed by atoms with van der Waals surface area (Å²) in [5, 5.41) is 17.1. The molecule has 2 rings (SSSR count). The molecule has 2 atom stereocenters. The third kappa shape index (κ3) is 4.68. The fourth-order valence-electron chi connectivity index (χ4n) is 2.63. The summed E-state index contributed by atoms with van der Waals surface area (Å²) in [6.07, 6.45) is 2.59. The zero-order valence-electron chi connectivity index (χ0n) is 12.8. The topological polar surface area (TPSA) is 84.3 Å². The molecule has 122 valence electrons. The van der Waals surface area contributed by atoms with Crippen LogP contribution in [0, 0.1) is 17.0 Å². The highest BCUT2D eigenvalue weighted by Crippen LogP contribution is 2.23. The molecule has 1 aliphatic rings. The Balaban J connectivity index is 0.00000242. The molecule has 1 aliphatic heterocycles. The van der Waals surface area contributed by atoms with Gasteiger partial charge >= 0.3 is 0 Å². The van der Waals surface area contributed by atoms with Crippen molar-refractivity contribution >= 4 is 24.0 Å². The van der Waals surface area contributed by atoms with Gasteiger partial charge in [-0.05, 0) is 38.8 Å². The van der Waals surface area contributed by atoms with Gasteiger partial charge in [-0.2, -0.15) is 0 Å². The van der Waals surface area contributed by atoms with E-state index in [1.165, 1.54) is 6.07 Å². The number of benzene rings is 1. The van der Waals surface area contributed by atoms with Crippen molar-refractivity contribution in [2.75, 3.05) is 6.54 Å². The molecule has 1 heterocycles. The smallest absolute Gasteiger partial charge is 0.272 e. The standard InChI is InChI=1S/C15H21N3O3.ClH/c1-10-5-6-12(8-14(10)18(20)21)11(2)17-15(19)9-13-4-3-7-16-13;/h5-6,8,11,13,16H,3-4,7,9H2,1-2H3,(H,17,19);1H. The van der Waals surface area contributed by atoms with E-state index in [2.05, 4.69) is 10.6 Å². The Hall–Kier alpha value is -1.66. The normalized spacial score (nSPS) is 18.4. The molecule has 1 saturated heterocycles. The van der Waals surface area contributed by atoms with Crippen LogP contribution in [-0.4, -0.2) is 23.4 Å². The Kier molecular flexibility index (Phi) is 6.77. The van der Waals surface area contributed by atoms with E-state index in [1.54, 1.807) is 13.0 Å². The lowest BCUT2D eigenvalue weighted by Gasteiger charge is -2.16. The van der Waals surface area contributed by atoms with Gasteiger partial charge in [0.2, 0.25) is 5.91 Å². The van der Waals surface area contributed by atoms with E-state index in [-0.39, 0.29) is 36.1 Å². The molecule has 2 unspecified atom stereocenters. The van der Waals surface area contributed by atoms with Gasteiger partial charge in [0.1, 0.15) is 0 Å². The van der Waals surface area contributed by atoms with Gasteiger partial charge in [0.15, 0.2) is 0 Å². The first-order chi connectivity index (χ1) is 9.97. The van der Waals surface area contributed by atoms with Gasteiger partial charge in [-0.25, -0.2) is 0 Å². The van der Waals surface area contributed by atoms with Crippen molar-refractivity contribution in [3.05, 3.63) is 39.4 Å². The lowest BCUT2D eigenvalue weighted by Crippen LogP contribution is -2.33. The minimum Gasteiger partial charge on any atom is -0.350 e. The molecular weight excluding hydrogens is 306 g/mol. The number of nitro benzene ring substituents is 1. The molecule has 0 aromatic heterocycles. The zero-order chi connectivity index (χ0) is 15.4. The largest absolute Gasteiger partial charge is 0.350 e. The Labute approximate surface area is 136 Å². The number of nitrogens with one attached hydrogen (secondary N) is 2. The van der Waals surface area contributed by atoms with Crippen molar-refractivity contribution in [1.82, 2.24) is 10.6 Å². The van der Waals surface area contributed by atoms with Crippen LogP contribution in [0.1, 0.15) is 43.4 Å². The molecule has 2 N–H and O–H groups in total. The molecule has 0 bridgehead atoms. The van der Waals surface area contributed by atoms with E-state index in [1.807, 2.05) is 13.0 Å². The summed E-state index contributed by atoms with van der Waals surface area (Å²) in [5.41, 5.74) is 1.46. The van der Waals surface area contributed by atoms with Crippen molar-refractivity contribution in [2.45, 2.75) is 45.2 Å². The fourth-order valence-corrected chi connectivity index (χ4v) is 2.63. The number of hydrogen-bond donors (Lipinski definition) is 2. The number of carbonyl (C=O) groups is 1. The van der Waals surface area contributed by atoms with E-state index in [0.29, 0.717) is 12.0 Å². The number of rotatable bonds is 5. The molecule has 0 spiro atoms. The molecule has 1 aromatic rings. The summed E-state index contributed by atoms with van der Waals surface area (Å²) in [5.74, 6) is -0.0230. The van der Waals surface area contributed by atoms with Crippen molar-refractivity contribution < 1.29 is 9.72 Å². The summed E-state index contributed by atoms with van der Waals surface area (Å²) in [6.45, 7) is 4.52. The third-order valence-electron chi connectivity index (χ3n) is 3.90. The lowest BCUT2D eigenvalue weighted by atomic mass is 10.0. The van der Waals surface area contributed by atoms with Gasteiger partial charge in [-0.1, -0.05) is 12.1 Å². The fraction of sp³-hybridized carbons (Fsp3) is 0.533. The first-order valence-electron chi connectivity index (χ1n) is 7.25. The number of halogens is 1. The first kappa shape index (κ1) is 18.4. The number of nitrogens with zero attached hydrogens (tertiary/aromatic N) is 1. The number of hydrogen-bond acceptors (Lipinski definition) is 4. The average Bonchev–Trinajstić information content (AvgIpc) is 2.91. The summed E-state index contributed by atoms with van der Waals surface area (Å²) in [6, 6.07) is 5.09. The summed E-state index contributed by atoms with van der Waals surface area (Å²) in [7, 11) is 0. The second-order valence-electron chi connectivity index (χ2n) is 5.59. The highest BCUT2D eigenvalue weighted by molar-refractivity contribution is 5.85. The van der Waals surface area contributed by atoms with Gasteiger partial charge in [0.25, 0.3) is 5.69 Å². The number of nitro groups is 1. The van der Waals surface area contributed by atoms with Gasteiger partial charge in [0.05, 0.1) is 11.0 Å².